The zero-order chi connectivity index (χ0) is 21.1. The first-order valence-electron chi connectivity index (χ1n) is 11.8. The molecule has 0 aliphatic heterocycles. The lowest BCUT2D eigenvalue weighted by Crippen LogP contribution is -2.17. The van der Waals surface area contributed by atoms with E-state index in [1.807, 2.05) is 39.8 Å². The zero-order valence-electron chi connectivity index (χ0n) is 19.8. The molecule has 0 amide bonds. The summed E-state index contributed by atoms with van der Waals surface area (Å²) in [4.78, 5) is 0. The summed E-state index contributed by atoms with van der Waals surface area (Å²) in [5.41, 5.74) is 1.58. The molecule has 2 rings (SSSR count). The van der Waals surface area contributed by atoms with Crippen LogP contribution in [0.15, 0.2) is 24.3 Å². The molecule has 1 heteroatoms. The van der Waals surface area contributed by atoms with Gasteiger partial charge in [-0.2, -0.15) is 0 Å². The number of halogens is 1. The number of benzene rings is 1. The Labute approximate surface area is 171 Å². The summed E-state index contributed by atoms with van der Waals surface area (Å²) in [5, 5.41) is 0. The highest BCUT2D eigenvalue weighted by molar-refractivity contribution is 5.26. The molecule has 0 spiro atoms. The summed E-state index contributed by atoms with van der Waals surface area (Å²) in [6.45, 7) is 17.1. The topological polar surface area (TPSA) is 0 Å². The van der Waals surface area contributed by atoms with Crippen LogP contribution in [0.2, 0.25) is 0 Å². The fourth-order valence-electron chi connectivity index (χ4n) is 3.68. The van der Waals surface area contributed by atoms with Crippen LogP contribution < -0.4 is 0 Å². The van der Waals surface area contributed by atoms with Gasteiger partial charge in [-0.15, -0.1) is 0 Å². The number of hydrogen-bond donors (Lipinski definition) is 0. The number of hydrogen-bond acceptors (Lipinski definition) is 0. The van der Waals surface area contributed by atoms with Gasteiger partial charge in [-0.1, -0.05) is 112 Å². The van der Waals surface area contributed by atoms with Gasteiger partial charge in [0.15, 0.2) is 0 Å². The maximum Gasteiger partial charge on any atom is 0.123 e. The van der Waals surface area contributed by atoms with E-state index in [9.17, 15) is 4.39 Å². The third-order valence-corrected chi connectivity index (χ3v) is 5.24. The molecule has 0 aromatic heterocycles. The highest BCUT2D eigenvalue weighted by Crippen LogP contribution is 2.43. The Morgan fingerprint density at radius 2 is 1.30 bits per heavy atom. The van der Waals surface area contributed by atoms with Gasteiger partial charge in [-0.25, -0.2) is 4.39 Å². The maximum absolute atomic E-state index is 12.8. The molecule has 1 aliphatic carbocycles. The average Bonchev–Trinajstić information content (AvgIpc) is 3.06. The van der Waals surface area contributed by atoms with Crippen LogP contribution in [-0.2, 0) is 5.41 Å². The minimum Gasteiger partial charge on any atom is -0.207 e. The zero-order valence-corrected chi connectivity index (χ0v) is 19.8. The standard InChI is InChI=1S/C13H17F.C9H20.2C2H6/c1-10-7-8-13(2,9-10)11-3-5-12(14)6-4-11;1-3-5-7-9-8-6-4-2;2*1-2/h3-6,10H,7-9H2,1-2H3;3-9H2,1-2H3;2*1-2H3. The van der Waals surface area contributed by atoms with Crippen molar-refractivity contribution < 1.29 is 4.39 Å². The fraction of sp³-hybridized carbons (Fsp3) is 0.769. The fourth-order valence-corrected chi connectivity index (χ4v) is 3.68. The van der Waals surface area contributed by atoms with Crippen LogP contribution in [0.1, 0.15) is 125 Å². The largest absolute Gasteiger partial charge is 0.207 e. The molecule has 2 unspecified atom stereocenters. The van der Waals surface area contributed by atoms with E-state index in [0.29, 0.717) is 0 Å². The molecule has 0 bridgehead atoms. The van der Waals surface area contributed by atoms with Crippen molar-refractivity contribution in [1.29, 1.82) is 0 Å². The predicted molar refractivity (Wildman–Crippen MR) is 123 cm³/mol. The summed E-state index contributed by atoms with van der Waals surface area (Å²) in [6, 6.07) is 7.02. The predicted octanol–water partition coefficient (Wildman–Crippen LogP) is 9.71. The summed E-state index contributed by atoms with van der Waals surface area (Å²) in [6.07, 6.45) is 13.7. The number of unbranched alkanes of at least 4 members (excludes halogenated alkanes) is 6. The van der Waals surface area contributed by atoms with Gasteiger partial charge >= 0.3 is 0 Å². The first-order valence-corrected chi connectivity index (χ1v) is 11.8. The van der Waals surface area contributed by atoms with E-state index >= 15 is 0 Å². The summed E-state index contributed by atoms with van der Waals surface area (Å²) < 4.78 is 12.8. The molecule has 2 atom stereocenters. The van der Waals surface area contributed by atoms with Crippen molar-refractivity contribution >= 4 is 0 Å². The van der Waals surface area contributed by atoms with Gasteiger partial charge in [-0.3, -0.25) is 0 Å². The molecule has 0 nitrogen and oxygen atoms in total. The van der Waals surface area contributed by atoms with Crippen molar-refractivity contribution in [2.24, 2.45) is 5.92 Å². The van der Waals surface area contributed by atoms with Crippen molar-refractivity contribution in [3.63, 3.8) is 0 Å². The molecule has 160 valence electrons. The van der Waals surface area contributed by atoms with Crippen molar-refractivity contribution in [1.82, 2.24) is 0 Å². The third kappa shape index (κ3) is 13.0. The van der Waals surface area contributed by atoms with Crippen LogP contribution in [0.25, 0.3) is 0 Å². The Morgan fingerprint density at radius 1 is 0.852 bits per heavy atom. The van der Waals surface area contributed by atoms with E-state index in [-0.39, 0.29) is 11.2 Å². The molecule has 0 N–H and O–H groups in total. The Balaban J connectivity index is 0. The Bertz CT molecular complexity index is 403. The summed E-state index contributed by atoms with van der Waals surface area (Å²) in [7, 11) is 0. The van der Waals surface area contributed by atoms with E-state index in [1.54, 1.807) is 12.1 Å². The van der Waals surface area contributed by atoms with E-state index in [0.717, 1.165) is 5.92 Å². The molecule has 27 heavy (non-hydrogen) atoms. The highest BCUT2D eigenvalue weighted by atomic mass is 19.1. The van der Waals surface area contributed by atoms with Crippen LogP contribution in [-0.4, -0.2) is 0 Å². The monoisotopic (exact) mass is 380 g/mol. The molecule has 1 aromatic rings. The third-order valence-electron chi connectivity index (χ3n) is 5.24. The highest BCUT2D eigenvalue weighted by Gasteiger charge is 2.34. The van der Waals surface area contributed by atoms with E-state index in [1.165, 1.54) is 69.8 Å². The van der Waals surface area contributed by atoms with Crippen LogP contribution in [0.4, 0.5) is 4.39 Å². The van der Waals surface area contributed by atoms with Gasteiger partial charge < -0.3 is 0 Å². The van der Waals surface area contributed by atoms with Gasteiger partial charge in [0, 0.05) is 0 Å². The van der Waals surface area contributed by atoms with Crippen molar-refractivity contribution in [3.05, 3.63) is 35.6 Å². The van der Waals surface area contributed by atoms with Gasteiger partial charge in [0.05, 0.1) is 0 Å². The van der Waals surface area contributed by atoms with Crippen molar-refractivity contribution in [2.75, 3.05) is 0 Å². The van der Waals surface area contributed by atoms with E-state index < -0.39 is 0 Å². The van der Waals surface area contributed by atoms with Gasteiger partial charge in [-0.05, 0) is 48.3 Å². The first kappa shape index (κ1) is 28.4. The van der Waals surface area contributed by atoms with Crippen LogP contribution in [0.5, 0.6) is 0 Å². The normalized spacial score (nSPS) is 20.4. The smallest absolute Gasteiger partial charge is 0.123 e. The second-order valence-electron chi connectivity index (χ2n) is 7.68. The first-order chi connectivity index (χ1) is 13.0. The minimum atomic E-state index is -0.136. The molecular formula is C26H49F. The second-order valence-corrected chi connectivity index (χ2v) is 7.68. The van der Waals surface area contributed by atoms with Crippen molar-refractivity contribution in [3.8, 4) is 0 Å². The second kappa shape index (κ2) is 18.5. The lowest BCUT2D eigenvalue weighted by Gasteiger charge is -2.24. The molecule has 0 radical (unpaired) electrons. The van der Waals surface area contributed by atoms with E-state index in [4.69, 9.17) is 0 Å². The molecule has 1 saturated carbocycles. The number of rotatable bonds is 7. The molecule has 1 aromatic carbocycles. The van der Waals surface area contributed by atoms with Gasteiger partial charge in [0.2, 0.25) is 0 Å². The summed E-state index contributed by atoms with van der Waals surface area (Å²) in [5.74, 6) is 0.674. The van der Waals surface area contributed by atoms with Crippen LogP contribution in [0.3, 0.4) is 0 Å². The Kier molecular flexibility index (Phi) is 19.4. The van der Waals surface area contributed by atoms with Gasteiger partial charge in [0.25, 0.3) is 0 Å². The summed E-state index contributed by atoms with van der Waals surface area (Å²) >= 11 is 0. The molecule has 0 saturated heterocycles. The molecule has 1 aliphatic rings. The van der Waals surface area contributed by atoms with Crippen LogP contribution >= 0.6 is 0 Å². The Hall–Kier alpha value is -0.850. The molecular weight excluding hydrogens is 331 g/mol. The van der Waals surface area contributed by atoms with Crippen molar-refractivity contribution in [2.45, 2.75) is 125 Å². The SMILES string of the molecule is CC.CC.CC1CCC(C)(c2ccc(F)cc2)C1.CCCCCCCCC. The Morgan fingerprint density at radius 3 is 1.67 bits per heavy atom. The average molecular weight is 381 g/mol. The van der Waals surface area contributed by atoms with Gasteiger partial charge in [0.1, 0.15) is 5.82 Å². The molecule has 1 fully saturated rings. The maximum atomic E-state index is 12.8. The minimum absolute atomic E-state index is 0.136. The lowest BCUT2D eigenvalue weighted by molar-refractivity contribution is 0.465. The lowest BCUT2D eigenvalue weighted by atomic mass is 9.80. The van der Waals surface area contributed by atoms with E-state index in [2.05, 4.69) is 27.7 Å². The quantitative estimate of drug-likeness (QED) is 0.413. The van der Waals surface area contributed by atoms with Crippen LogP contribution in [0, 0.1) is 11.7 Å². The molecule has 0 heterocycles.